The van der Waals surface area contributed by atoms with Crippen LogP contribution in [-0.2, 0) is 18.0 Å². The molecular formula is C22H23N3O2. The van der Waals surface area contributed by atoms with Gasteiger partial charge < -0.3 is 9.57 Å². The van der Waals surface area contributed by atoms with E-state index in [-0.39, 0.29) is 6.10 Å². The summed E-state index contributed by atoms with van der Waals surface area (Å²) in [6, 6.07) is 20.2. The molecule has 1 aliphatic rings. The summed E-state index contributed by atoms with van der Waals surface area (Å²) in [7, 11) is 0. The third-order valence-electron chi connectivity index (χ3n) is 4.65. The normalized spacial score (nSPS) is 16.1. The molecule has 0 N–H and O–H groups in total. The molecule has 3 aromatic rings. The van der Waals surface area contributed by atoms with Gasteiger partial charge in [0.1, 0.15) is 12.4 Å². The third kappa shape index (κ3) is 4.03. The van der Waals surface area contributed by atoms with Crippen molar-refractivity contribution in [3.8, 4) is 5.75 Å². The smallest absolute Gasteiger partial charge is 0.152 e. The van der Waals surface area contributed by atoms with Crippen LogP contribution in [0.25, 0.3) is 0 Å². The van der Waals surface area contributed by atoms with E-state index in [0.717, 1.165) is 40.4 Å². The number of para-hydroxylation sites is 1. The van der Waals surface area contributed by atoms with Crippen LogP contribution >= 0.6 is 0 Å². The van der Waals surface area contributed by atoms with Gasteiger partial charge in [-0.2, -0.15) is 5.10 Å². The second kappa shape index (κ2) is 7.66. The number of aryl methyl sites for hydroxylation is 2. The van der Waals surface area contributed by atoms with Gasteiger partial charge in [-0.05, 0) is 37.6 Å². The monoisotopic (exact) mass is 361 g/mol. The lowest BCUT2D eigenvalue weighted by Crippen LogP contribution is -2.18. The number of hydrogen-bond acceptors (Lipinski definition) is 4. The lowest BCUT2D eigenvalue weighted by molar-refractivity contribution is 0.0692. The predicted octanol–water partition coefficient (Wildman–Crippen LogP) is 4.27. The number of ether oxygens (including phenoxy) is 1. The maximum absolute atomic E-state index is 6.06. The van der Waals surface area contributed by atoms with E-state index < -0.39 is 0 Å². The first-order valence-electron chi connectivity index (χ1n) is 9.19. The van der Waals surface area contributed by atoms with Crippen LogP contribution in [0.1, 0.15) is 28.9 Å². The van der Waals surface area contributed by atoms with Gasteiger partial charge in [0.25, 0.3) is 0 Å². The standard InChI is InChI=1S/C22H23N3O2/c1-16-12-17(2)25(23-16)14-19-13-21(24-27-19)20-10-6-7-11-22(20)26-15-18-8-4-3-5-9-18/h3-12,19H,13-15H2,1-2H3/t19-/m0/s1. The number of aromatic nitrogens is 2. The van der Waals surface area contributed by atoms with E-state index in [9.17, 15) is 0 Å². The molecule has 2 aromatic carbocycles. The van der Waals surface area contributed by atoms with Gasteiger partial charge in [-0.1, -0.05) is 47.6 Å². The minimum absolute atomic E-state index is 0.0137. The van der Waals surface area contributed by atoms with E-state index in [2.05, 4.69) is 35.4 Å². The molecule has 2 heterocycles. The van der Waals surface area contributed by atoms with Crippen molar-refractivity contribution in [3.05, 3.63) is 83.2 Å². The molecule has 0 saturated carbocycles. The zero-order valence-corrected chi connectivity index (χ0v) is 15.6. The molecule has 0 bridgehead atoms. The van der Waals surface area contributed by atoms with Crippen LogP contribution in [-0.4, -0.2) is 21.6 Å². The van der Waals surface area contributed by atoms with Crippen molar-refractivity contribution in [3.63, 3.8) is 0 Å². The summed E-state index contributed by atoms with van der Waals surface area (Å²) in [5.41, 5.74) is 5.20. The Balaban J connectivity index is 1.44. The average Bonchev–Trinajstić information content (AvgIpc) is 3.27. The van der Waals surface area contributed by atoms with E-state index in [1.165, 1.54) is 0 Å². The van der Waals surface area contributed by atoms with Crippen molar-refractivity contribution < 1.29 is 9.57 Å². The fourth-order valence-electron chi connectivity index (χ4n) is 3.30. The van der Waals surface area contributed by atoms with Gasteiger partial charge >= 0.3 is 0 Å². The van der Waals surface area contributed by atoms with Gasteiger partial charge in [-0.3, -0.25) is 4.68 Å². The second-order valence-electron chi connectivity index (χ2n) is 6.85. The number of nitrogens with zero attached hydrogens (tertiary/aromatic N) is 3. The van der Waals surface area contributed by atoms with E-state index in [0.29, 0.717) is 13.2 Å². The highest BCUT2D eigenvalue weighted by molar-refractivity contribution is 6.03. The lowest BCUT2D eigenvalue weighted by Gasteiger charge is -2.12. The van der Waals surface area contributed by atoms with Crippen LogP contribution < -0.4 is 4.74 Å². The minimum Gasteiger partial charge on any atom is -0.488 e. The first kappa shape index (κ1) is 17.3. The largest absolute Gasteiger partial charge is 0.488 e. The molecule has 5 heteroatoms. The first-order valence-corrected chi connectivity index (χ1v) is 9.19. The van der Waals surface area contributed by atoms with Crippen LogP contribution in [0.4, 0.5) is 0 Å². The Morgan fingerprint density at radius 1 is 1.07 bits per heavy atom. The minimum atomic E-state index is -0.0137. The summed E-state index contributed by atoms with van der Waals surface area (Å²) in [4.78, 5) is 5.68. The molecule has 27 heavy (non-hydrogen) atoms. The topological polar surface area (TPSA) is 48.6 Å². The number of oxime groups is 1. The molecule has 0 saturated heterocycles. The zero-order valence-electron chi connectivity index (χ0n) is 15.6. The molecule has 0 aliphatic carbocycles. The molecule has 1 aliphatic heterocycles. The van der Waals surface area contributed by atoms with E-state index in [1.807, 2.05) is 54.1 Å². The molecule has 0 radical (unpaired) electrons. The summed E-state index contributed by atoms with van der Waals surface area (Å²) >= 11 is 0. The molecule has 0 fully saturated rings. The summed E-state index contributed by atoms with van der Waals surface area (Å²) in [5.74, 6) is 0.829. The summed E-state index contributed by atoms with van der Waals surface area (Å²) < 4.78 is 8.04. The highest BCUT2D eigenvalue weighted by Gasteiger charge is 2.25. The van der Waals surface area contributed by atoms with E-state index >= 15 is 0 Å². The van der Waals surface area contributed by atoms with Crippen molar-refractivity contribution in [2.75, 3.05) is 0 Å². The fourth-order valence-corrected chi connectivity index (χ4v) is 3.30. The van der Waals surface area contributed by atoms with Crippen molar-refractivity contribution in [1.82, 2.24) is 9.78 Å². The number of benzene rings is 2. The van der Waals surface area contributed by atoms with Gasteiger partial charge in [0, 0.05) is 17.7 Å². The van der Waals surface area contributed by atoms with E-state index in [1.54, 1.807) is 0 Å². The van der Waals surface area contributed by atoms with Gasteiger partial charge in [0.2, 0.25) is 0 Å². The van der Waals surface area contributed by atoms with Gasteiger partial charge in [-0.25, -0.2) is 0 Å². The Morgan fingerprint density at radius 2 is 1.85 bits per heavy atom. The Labute approximate surface area is 159 Å². The molecule has 1 atom stereocenters. The van der Waals surface area contributed by atoms with Crippen molar-refractivity contribution in [1.29, 1.82) is 0 Å². The Hall–Kier alpha value is -3.08. The first-order chi connectivity index (χ1) is 13.2. The van der Waals surface area contributed by atoms with Gasteiger partial charge in [0.15, 0.2) is 6.10 Å². The molecule has 0 amide bonds. The molecule has 0 spiro atoms. The summed E-state index contributed by atoms with van der Waals surface area (Å²) in [6.07, 6.45) is 0.726. The zero-order chi connectivity index (χ0) is 18.6. The maximum Gasteiger partial charge on any atom is 0.152 e. The van der Waals surface area contributed by atoms with Crippen molar-refractivity contribution in [2.45, 2.75) is 39.5 Å². The Morgan fingerprint density at radius 3 is 2.63 bits per heavy atom. The van der Waals surface area contributed by atoms with Crippen LogP contribution in [0, 0.1) is 13.8 Å². The fraction of sp³-hybridized carbons (Fsp3) is 0.273. The molecule has 0 unspecified atom stereocenters. The predicted molar refractivity (Wildman–Crippen MR) is 105 cm³/mol. The lowest BCUT2D eigenvalue weighted by atomic mass is 10.0. The van der Waals surface area contributed by atoms with Crippen LogP contribution in [0.3, 0.4) is 0 Å². The number of rotatable bonds is 6. The third-order valence-corrected chi connectivity index (χ3v) is 4.65. The van der Waals surface area contributed by atoms with Gasteiger partial charge in [0.05, 0.1) is 18.0 Å². The molecule has 1 aromatic heterocycles. The van der Waals surface area contributed by atoms with Crippen LogP contribution in [0.5, 0.6) is 5.75 Å². The number of hydrogen-bond donors (Lipinski definition) is 0. The van der Waals surface area contributed by atoms with Crippen LogP contribution in [0.2, 0.25) is 0 Å². The average molecular weight is 361 g/mol. The highest BCUT2D eigenvalue weighted by Crippen LogP contribution is 2.26. The van der Waals surface area contributed by atoms with E-state index in [4.69, 9.17) is 9.57 Å². The summed E-state index contributed by atoms with van der Waals surface area (Å²) in [6.45, 7) is 5.28. The molecule has 4 rings (SSSR count). The van der Waals surface area contributed by atoms with Crippen molar-refractivity contribution >= 4 is 5.71 Å². The SMILES string of the molecule is Cc1cc(C)n(C[C@@H]2CC(c3ccccc3OCc3ccccc3)=NO2)n1. The van der Waals surface area contributed by atoms with Crippen LogP contribution in [0.15, 0.2) is 65.8 Å². The second-order valence-corrected chi connectivity index (χ2v) is 6.85. The Bertz CT molecular complexity index is 947. The molecular weight excluding hydrogens is 338 g/mol. The van der Waals surface area contributed by atoms with Gasteiger partial charge in [-0.15, -0.1) is 0 Å². The highest BCUT2D eigenvalue weighted by atomic mass is 16.6. The summed E-state index contributed by atoms with van der Waals surface area (Å²) in [5, 5.41) is 8.84. The molecule has 138 valence electrons. The quantitative estimate of drug-likeness (QED) is 0.659. The maximum atomic E-state index is 6.06. The Kier molecular flexibility index (Phi) is 4.92. The molecule has 5 nitrogen and oxygen atoms in total. The van der Waals surface area contributed by atoms with Crippen molar-refractivity contribution in [2.24, 2.45) is 5.16 Å².